The molecule has 0 amide bonds. The minimum Gasteiger partial charge on any atom is -0.370 e. The minimum atomic E-state index is -3.62. The molecule has 0 aliphatic carbocycles. The van der Waals surface area contributed by atoms with Gasteiger partial charge in [0.15, 0.2) is 5.11 Å². The Labute approximate surface area is 217 Å². The summed E-state index contributed by atoms with van der Waals surface area (Å²) in [6.45, 7) is 7.24. The van der Waals surface area contributed by atoms with E-state index in [1.807, 2.05) is 6.07 Å². The van der Waals surface area contributed by atoms with Crippen LogP contribution in [-0.2, 0) is 10.0 Å². The molecule has 2 aliphatic heterocycles. The lowest BCUT2D eigenvalue weighted by molar-refractivity contribution is 0.288. The van der Waals surface area contributed by atoms with Gasteiger partial charge in [-0.2, -0.15) is 4.31 Å². The first-order valence-corrected chi connectivity index (χ1v) is 14.3. The number of anilines is 3. The summed E-state index contributed by atoms with van der Waals surface area (Å²) in [4.78, 5) is 2.51. The van der Waals surface area contributed by atoms with Gasteiger partial charge >= 0.3 is 0 Å². The van der Waals surface area contributed by atoms with Crippen molar-refractivity contribution in [3.63, 3.8) is 0 Å². The smallest absolute Gasteiger partial charge is 0.243 e. The Kier molecular flexibility index (Phi) is 8.20. The van der Waals surface area contributed by atoms with E-state index in [4.69, 9.17) is 23.8 Å². The SMILES string of the molecule is CC1CCN(c2ccc(S(=O)(=O)N3CCC(C)CC3)cc2NC(=S)Nc2ccc(F)c(Cl)c2)CC1. The summed E-state index contributed by atoms with van der Waals surface area (Å²) in [6.07, 6.45) is 3.87. The van der Waals surface area contributed by atoms with E-state index in [-0.39, 0.29) is 15.0 Å². The first kappa shape index (κ1) is 26.1. The highest BCUT2D eigenvalue weighted by Gasteiger charge is 2.29. The summed E-state index contributed by atoms with van der Waals surface area (Å²) in [5, 5.41) is 6.45. The zero-order valence-corrected chi connectivity index (χ0v) is 22.4. The number of thiocarbonyl (C=S) groups is 1. The quantitative estimate of drug-likeness (QED) is 0.459. The van der Waals surface area contributed by atoms with Gasteiger partial charge in [0.2, 0.25) is 10.0 Å². The lowest BCUT2D eigenvalue weighted by Crippen LogP contribution is -2.38. The zero-order chi connectivity index (χ0) is 25.2. The van der Waals surface area contributed by atoms with Crippen molar-refractivity contribution in [3.05, 3.63) is 47.2 Å². The van der Waals surface area contributed by atoms with E-state index in [1.54, 1.807) is 22.5 Å². The summed E-state index contributed by atoms with van der Waals surface area (Å²) in [5.74, 6) is 0.684. The number of benzene rings is 2. The molecule has 0 spiro atoms. The number of hydrogen-bond acceptors (Lipinski definition) is 4. The Bertz CT molecular complexity index is 1180. The molecule has 0 radical (unpaired) electrons. The molecule has 0 aromatic heterocycles. The van der Waals surface area contributed by atoms with Crippen LogP contribution in [-0.4, -0.2) is 44.0 Å². The summed E-state index contributed by atoms with van der Waals surface area (Å²) in [6, 6.07) is 9.50. The third-order valence-corrected chi connectivity index (χ3v) is 9.29. The highest BCUT2D eigenvalue weighted by Crippen LogP contribution is 2.34. The van der Waals surface area contributed by atoms with E-state index in [0.717, 1.165) is 44.5 Å². The maximum absolute atomic E-state index is 13.5. The molecule has 0 unspecified atom stereocenters. The number of hydrogen-bond donors (Lipinski definition) is 2. The fourth-order valence-corrected chi connectivity index (χ4v) is 6.44. The second kappa shape index (κ2) is 11.0. The molecule has 2 N–H and O–H groups in total. The summed E-state index contributed by atoms with van der Waals surface area (Å²) >= 11 is 11.4. The molecule has 2 saturated heterocycles. The fourth-order valence-electron chi connectivity index (χ4n) is 4.53. The maximum atomic E-state index is 13.5. The molecule has 2 aliphatic rings. The average Bonchev–Trinajstić information content (AvgIpc) is 2.82. The van der Waals surface area contributed by atoms with Crippen LogP contribution in [0.15, 0.2) is 41.3 Å². The molecule has 190 valence electrons. The fraction of sp³-hybridized carbons (Fsp3) is 0.480. The molecule has 0 atom stereocenters. The molecule has 0 saturated carbocycles. The molecule has 4 rings (SSSR count). The third-order valence-electron chi connectivity index (χ3n) is 6.90. The van der Waals surface area contributed by atoms with Crippen molar-refractivity contribution >= 4 is 56.0 Å². The predicted octanol–water partition coefficient (Wildman–Crippen LogP) is 5.94. The number of halogens is 2. The van der Waals surface area contributed by atoms with E-state index in [0.29, 0.717) is 36.3 Å². The van der Waals surface area contributed by atoms with E-state index < -0.39 is 15.8 Å². The van der Waals surface area contributed by atoms with E-state index in [1.165, 1.54) is 12.1 Å². The molecular weight excluding hydrogens is 507 g/mol. The molecule has 10 heteroatoms. The lowest BCUT2D eigenvalue weighted by atomic mass is 9.98. The number of sulfonamides is 1. The van der Waals surface area contributed by atoms with Crippen molar-refractivity contribution in [1.82, 2.24) is 4.31 Å². The second-order valence-electron chi connectivity index (χ2n) is 9.64. The van der Waals surface area contributed by atoms with Gasteiger partial charge in [0.05, 0.1) is 21.3 Å². The second-order valence-corrected chi connectivity index (χ2v) is 12.4. The number of nitrogens with zero attached hydrogens (tertiary/aromatic N) is 2. The van der Waals surface area contributed by atoms with Crippen LogP contribution < -0.4 is 15.5 Å². The average molecular weight is 539 g/mol. The minimum absolute atomic E-state index is 0.00938. The van der Waals surface area contributed by atoms with E-state index in [9.17, 15) is 12.8 Å². The number of nitrogens with one attached hydrogen (secondary N) is 2. The Balaban J connectivity index is 1.61. The molecule has 6 nitrogen and oxygen atoms in total. The van der Waals surface area contributed by atoms with Crippen LogP contribution in [0.1, 0.15) is 39.5 Å². The van der Waals surface area contributed by atoms with Gasteiger partial charge in [-0.3, -0.25) is 0 Å². The van der Waals surface area contributed by atoms with Crippen molar-refractivity contribution in [2.45, 2.75) is 44.4 Å². The van der Waals surface area contributed by atoms with Gasteiger partial charge in [0.25, 0.3) is 0 Å². The number of rotatable bonds is 5. The molecule has 0 bridgehead atoms. The van der Waals surface area contributed by atoms with Crippen LogP contribution in [0.2, 0.25) is 5.02 Å². The summed E-state index contributed by atoms with van der Waals surface area (Å²) < 4.78 is 41.9. The highest BCUT2D eigenvalue weighted by molar-refractivity contribution is 7.89. The predicted molar refractivity (Wildman–Crippen MR) is 145 cm³/mol. The Morgan fingerprint density at radius 1 is 0.971 bits per heavy atom. The first-order chi connectivity index (χ1) is 16.6. The van der Waals surface area contributed by atoms with Crippen LogP contribution in [0.3, 0.4) is 0 Å². The van der Waals surface area contributed by atoms with Crippen LogP contribution in [0.5, 0.6) is 0 Å². The van der Waals surface area contributed by atoms with Crippen LogP contribution >= 0.6 is 23.8 Å². The van der Waals surface area contributed by atoms with Gasteiger partial charge in [-0.1, -0.05) is 25.4 Å². The van der Waals surface area contributed by atoms with Gasteiger partial charge in [0.1, 0.15) is 5.82 Å². The van der Waals surface area contributed by atoms with Gasteiger partial charge in [-0.25, -0.2) is 12.8 Å². The van der Waals surface area contributed by atoms with Gasteiger partial charge in [0, 0.05) is 31.9 Å². The maximum Gasteiger partial charge on any atom is 0.243 e. The standard InChI is InChI=1S/C25H32ClFN4O2S2/c1-17-7-11-30(12-8-17)24-6-4-20(35(32,33)31-13-9-18(2)10-14-31)16-23(24)29-25(34)28-19-3-5-22(27)21(26)15-19/h3-6,15-18H,7-14H2,1-2H3,(H2,28,29,34). The summed E-state index contributed by atoms with van der Waals surface area (Å²) in [5.41, 5.74) is 2.06. The Hall–Kier alpha value is -1.94. The molecule has 2 aromatic carbocycles. The monoisotopic (exact) mass is 538 g/mol. The van der Waals surface area contributed by atoms with Crippen LogP contribution in [0.4, 0.5) is 21.5 Å². The Morgan fingerprint density at radius 3 is 2.23 bits per heavy atom. The third kappa shape index (κ3) is 6.25. The lowest BCUT2D eigenvalue weighted by Gasteiger charge is -2.34. The van der Waals surface area contributed by atoms with E-state index >= 15 is 0 Å². The molecule has 2 aromatic rings. The van der Waals surface area contributed by atoms with E-state index in [2.05, 4.69) is 29.4 Å². The highest BCUT2D eigenvalue weighted by atomic mass is 35.5. The molecule has 2 heterocycles. The normalized spacial score (nSPS) is 18.5. The number of piperidine rings is 2. The summed E-state index contributed by atoms with van der Waals surface area (Å²) in [7, 11) is -3.62. The van der Waals surface area contributed by atoms with Crippen molar-refractivity contribution < 1.29 is 12.8 Å². The first-order valence-electron chi connectivity index (χ1n) is 12.1. The van der Waals surface area contributed by atoms with Gasteiger partial charge in [-0.05, 0) is 86.1 Å². The topological polar surface area (TPSA) is 64.7 Å². The Morgan fingerprint density at radius 2 is 1.60 bits per heavy atom. The van der Waals surface area contributed by atoms with Crippen molar-refractivity contribution in [2.24, 2.45) is 11.8 Å². The largest absolute Gasteiger partial charge is 0.370 e. The van der Waals surface area contributed by atoms with Crippen molar-refractivity contribution in [2.75, 3.05) is 41.7 Å². The van der Waals surface area contributed by atoms with Crippen LogP contribution in [0, 0.1) is 17.7 Å². The molecule has 2 fully saturated rings. The van der Waals surface area contributed by atoms with Gasteiger partial charge in [-0.15, -0.1) is 0 Å². The molecule has 35 heavy (non-hydrogen) atoms. The zero-order valence-electron chi connectivity index (χ0n) is 20.1. The van der Waals surface area contributed by atoms with Crippen molar-refractivity contribution in [1.29, 1.82) is 0 Å². The molecular formula is C25H32ClFN4O2S2. The van der Waals surface area contributed by atoms with Gasteiger partial charge < -0.3 is 15.5 Å². The van der Waals surface area contributed by atoms with Crippen LogP contribution in [0.25, 0.3) is 0 Å². The van der Waals surface area contributed by atoms with Crippen molar-refractivity contribution in [3.8, 4) is 0 Å².